The molecule has 0 fully saturated rings. The number of nitrogens with zero attached hydrogens (tertiary/aromatic N) is 2. The Morgan fingerprint density at radius 1 is 1.27 bits per heavy atom. The lowest BCUT2D eigenvalue weighted by molar-refractivity contribution is 0.0981. The van der Waals surface area contributed by atoms with Crippen LogP contribution >= 0.6 is 27.5 Å². The number of fused-ring (bicyclic) bond motifs is 1. The molecule has 26 heavy (non-hydrogen) atoms. The van der Waals surface area contributed by atoms with E-state index >= 15 is 0 Å². The summed E-state index contributed by atoms with van der Waals surface area (Å²) in [7, 11) is -2.07. The van der Waals surface area contributed by atoms with Gasteiger partial charge < -0.3 is 4.90 Å². The van der Waals surface area contributed by atoms with Crippen molar-refractivity contribution in [2.45, 2.75) is 19.4 Å². The number of benzene rings is 2. The van der Waals surface area contributed by atoms with Gasteiger partial charge in [-0.1, -0.05) is 27.5 Å². The molecule has 0 aliphatic carbocycles. The van der Waals surface area contributed by atoms with E-state index in [-0.39, 0.29) is 22.7 Å². The molecule has 0 aromatic heterocycles. The van der Waals surface area contributed by atoms with Gasteiger partial charge in [0, 0.05) is 28.8 Å². The molecule has 8 heteroatoms. The smallest absolute Gasteiger partial charge is 0.258 e. The lowest BCUT2D eigenvalue weighted by Crippen LogP contribution is -2.36. The Labute approximate surface area is 166 Å². The van der Waals surface area contributed by atoms with Gasteiger partial charge in [0.1, 0.15) is 0 Å². The summed E-state index contributed by atoms with van der Waals surface area (Å²) in [6, 6.07) is 10.5. The third-order valence-corrected chi connectivity index (χ3v) is 6.51. The topological polar surface area (TPSA) is 57.7 Å². The Kier molecular flexibility index (Phi) is 5.07. The average molecular weight is 458 g/mol. The summed E-state index contributed by atoms with van der Waals surface area (Å²) in [6.45, 7) is 1.99. The van der Waals surface area contributed by atoms with Crippen molar-refractivity contribution in [1.29, 1.82) is 0 Å². The molecule has 1 aliphatic rings. The van der Waals surface area contributed by atoms with Gasteiger partial charge in [0.15, 0.2) is 0 Å². The molecule has 0 bridgehead atoms. The molecule has 1 heterocycles. The van der Waals surface area contributed by atoms with Crippen LogP contribution in [0.3, 0.4) is 0 Å². The number of hydrogen-bond acceptors (Lipinski definition) is 3. The zero-order valence-electron chi connectivity index (χ0n) is 14.5. The van der Waals surface area contributed by atoms with Crippen molar-refractivity contribution in [1.82, 2.24) is 0 Å². The fourth-order valence-corrected chi connectivity index (χ4v) is 4.33. The molecule has 3 rings (SSSR count). The van der Waals surface area contributed by atoms with Crippen molar-refractivity contribution in [2.75, 3.05) is 22.5 Å². The van der Waals surface area contributed by atoms with Crippen LogP contribution in [0.25, 0.3) is 0 Å². The minimum atomic E-state index is -3.49. The summed E-state index contributed by atoms with van der Waals surface area (Å²) in [4.78, 5) is 14.9. The molecule has 1 amide bonds. The highest BCUT2D eigenvalue weighted by atomic mass is 79.9. The minimum Gasteiger partial charge on any atom is -0.305 e. The van der Waals surface area contributed by atoms with Crippen LogP contribution in [0.1, 0.15) is 22.8 Å². The number of halogens is 2. The highest BCUT2D eigenvalue weighted by molar-refractivity contribution is 9.10. The van der Waals surface area contributed by atoms with Crippen molar-refractivity contribution in [3.05, 3.63) is 57.0 Å². The molecular formula is C18H18BrClN2O3S. The van der Waals surface area contributed by atoms with E-state index in [0.717, 1.165) is 32.7 Å². The van der Waals surface area contributed by atoms with Crippen LogP contribution in [0.5, 0.6) is 0 Å². The second-order valence-electron chi connectivity index (χ2n) is 6.40. The summed E-state index contributed by atoms with van der Waals surface area (Å²) >= 11 is 9.61. The van der Waals surface area contributed by atoms with Gasteiger partial charge in [0.25, 0.3) is 5.91 Å². The predicted molar refractivity (Wildman–Crippen MR) is 109 cm³/mol. The maximum Gasteiger partial charge on any atom is 0.258 e. The highest BCUT2D eigenvalue weighted by Crippen LogP contribution is 2.36. The van der Waals surface area contributed by atoms with Crippen molar-refractivity contribution < 1.29 is 13.2 Å². The summed E-state index contributed by atoms with van der Waals surface area (Å²) < 4.78 is 25.7. The first-order chi connectivity index (χ1) is 12.1. The van der Waals surface area contributed by atoms with Crippen LogP contribution in [0.4, 0.5) is 11.4 Å². The zero-order chi connectivity index (χ0) is 19.2. The van der Waals surface area contributed by atoms with Crippen molar-refractivity contribution in [2.24, 2.45) is 0 Å². The summed E-state index contributed by atoms with van der Waals surface area (Å²) in [5.74, 6) is -0.182. The second-order valence-corrected chi connectivity index (χ2v) is 9.73. The molecule has 5 nitrogen and oxygen atoms in total. The molecular weight excluding hydrogens is 440 g/mol. The van der Waals surface area contributed by atoms with Gasteiger partial charge in [-0.3, -0.25) is 9.10 Å². The third kappa shape index (κ3) is 3.48. The normalized spacial score (nSPS) is 16.5. The number of anilines is 2. The summed E-state index contributed by atoms with van der Waals surface area (Å²) in [5, 5.41) is 0.272. The van der Waals surface area contributed by atoms with E-state index in [4.69, 9.17) is 11.6 Å². The number of sulfonamides is 1. The number of carbonyl (C=O) groups excluding carboxylic acids is 1. The first-order valence-corrected chi connectivity index (χ1v) is 11.0. The van der Waals surface area contributed by atoms with Crippen molar-refractivity contribution in [3.8, 4) is 0 Å². The fourth-order valence-electron chi connectivity index (χ4n) is 3.11. The van der Waals surface area contributed by atoms with Gasteiger partial charge in [0.05, 0.1) is 17.0 Å². The van der Waals surface area contributed by atoms with Crippen LogP contribution in [-0.2, 0) is 16.4 Å². The Morgan fingerprint density at radius 2 is 1.96 bits per heavy atom. The van der Waals surface area contributed by atoms with Crippen molar-refractivity contribution >= 4 is 54.8 Å². The Balaban J connectivity index is 2.02. The Morgan fingerprint density at radius 3 is 2.62 bits per heavy atom. The number of rotatable bonds is 3. The Hall–Kier alpha value is -1.57. The van der Waals surface area contributed by atoms with Crippen LogP contribution in [0.2, 0.25) is 5.02 Å². The molecule has 1 aliphatic heterocycles. The molecule has 0 radical (unpaired) electrons. The van der Waals surface area contributed by atoms with E-state index in [9.17, 15) is 13.2 Å². The molecule has 2 aromatic carbocycles. The lowest BCUT2D eigenvalue weighted by atomic mass is 10.1. The number of carbonyl (C=O) groups is 1. The minimum absolute atomic E-state index is 0.0126. The SMILES string of the molecule is CC1Cc2cc(Br)ccc2N1C(=O)c1ccc(Cl)c(N(C)S(C)(=O)=O)c1. The van der Waals surface area contributed by atoms with E-state index < -0.39 is 10.0 Å². The first-order valence-electron chi connectivity index (χ1n) is 7.95. The molecule has 0 spiro atoms. The first kappa shape index (κ1) is 19.2. The quantitative estimate of drug-likeness (QED) is 0.697. The van der Waals surface area contributed by atoms with Gasteiger partial charge in [-0.15, -0.1) is 0 Å². The number of hydrogen-bond donors (Lipinski definition) is 0. The van der Waals surface area contributed by atoms with E-state index in [1.165, 1.54) is 13.1 Å². The molecule has 0 N–H and O–H groups in total. The molecule has 2 aromatic rings. The highest BCUT2D eigenvalue weighted by Gasteiger charge is 2.32. The fraction of sp³-hybridized carbons (Fsp3) is 0.278. The van der Waals surface area contributed by atoms with Gasteiger partial charge in [0.2, 0.25) is 10.0 Å². The summed E-state index contributed by atoms with van der Waals surface area (Å²) in [5.41, 5.74) is 2.65. The van der Waals surface area contributed by atoms with Crippen LogP contribution in [-0.4, -0.2) is 33.7 Å². The van der Waals surface area contributed by atoms with Gasteiger partial charge in [-0.25, -0.2) is 8.42 Å². The Bertz CT molecular complexity index is 994. The van der Waals surface area contributed by atoms with Crippen molar-refractivity contribution in [3.63, 3.8) is 0 Å². The van der Waals surface area contributed by atoms with Crippen LogP contribution in [0.15, 0.2) is 40.9 Å². The standard InChI is InChI=1S/C18H18BrClN2O3S/c1-11-8-13-9-14(19)5-7-16(13)22(11)18(23)12-4-6-15(20)17(10-12)21(2)26(3,24)25/h4-7,9-11H,8H2,1-3H3. The molecule has 138 valence electrons. The van der Waals surface area contributed by atoms with E-state index in [1.807, 2.05) is 25.1 Å². The van der Waals surface area contributed by atoms with E-state index in [0.29, 0.717) is 5.56 Å². The average Bonchev–Trinajstić information content (AvgIpc) is 2.88. The third-order valence-electron chi connectivity index (χ3n) is 4.51. The molecule has 0 saturated carbocycles. The van der Waals surface area contributed by atoms with E-state index in [2.05, 4.69) is 15.9 Å². The van der Waals surface area contributed by atoms with Gasteiger partial charge in [-0.05, 0) is 55.3 Å². The van der Waals surface area contributed by atoms with Crippen LogP contribution in [0, 0.1) is 0 Å². The van der Waals surface area contributed by atoms with E-state index in [1.54, 1.807) is 17.0 Å². The maximum absolute atomic E-state index is 13.1. The van der Waals surface area contributed by atoms with Gasteiger partial charge in [-0.2, -0.15) is 0 Å². The molecule has 1 atom stereocenters. The lowest BCUT2D eigenvalue weighted by Gasteiger charge is -2.24. The number of amides is 1. The summed E-state index contributed by atoms with van der Waals surface area (Å²) in [6.07, 6.45) is 1.86. The maximum atomic E-state index is 13.1. The zero-order valence-corrected chi connectivity index (χ0v) is 17.7. The predicted octanol–water partition coefficient (Wildman–Crippen LogP) is 4.09. The van der Waals surface area contributed by atoms with Gasteiger partial charge >= 0.3 is 0 Å². The largest absolute Gasteiger partial charge is 0.305 e. The molecule has 0 saturated heterocycles. The second kappa shape index (κ2) is 6.87. The monoisotopic (exact) mass is 456 g/mol. The van der Waals surface area contributed by atoms with Crippen LogP contribution < -0.4 is 9.21 Å². The molecule has 1 unspecified atom stereocenters.